The lowest BCUT2D eigenvalue weighted by atomic mass is 9.98. The van der Waals surface area contributed by atoms with Crippen molar-refractivity contribution in [3.8, 4) is 0 Å². The van der Waals surface area contributed by atoms with Gasteiger partial charge in [0.15, 0.2) is 0 Å². The van der Waals surface area contributed by atoms with Crippen molar-refractivity contribution in [2.24, 2.45) is 11.5 Å². The fraction of sp³-hybridized carbons (Fsp3) is 0.462. The Morgan fingerprint density at radius 2 is 2.11 bits per heavy atom. The number of rotatable bonds is 4. The lowest BCUT2D eigenvalue weighted by Crippen LogP contribution is -2.35. The molecule has 2 atom stereocenters. The molecule has 1 saturated heterocycles. The second-order valence-corrected chi connectivity index (χ2v) is 5.25. The summed E-state index contributed by atoms with van der Waals surface area (Å²) in [5.74, 6) is -0.606. The highest BCUT2D eigenvalue weighted by molar-refractivity contribution is 6.30. The van der Waals surface area contributed by atoms with Gasteiger partial charge in [-0.15, -0.1) is 0 Å². The van der Waals surface area contributed by atoms with E-state index in [4.69, 9.17) is 23.1 Å². The largest absolute Gasteiger partial charge is 0.369 e. The molecule has 1 aliphatic rings. The van der Waals surface area contributed by atoms with Crippen LogP contribution in [0.2, 0.25) is 5.02 Å². The molecule has 0 unspecified atom stereocenters. The van der Waals surface area contributed by atoms with Crippen LogP contribution in [-0.2, 0) is 4.79 Å². The molecule has 18 heavy (non-hydrogen) atoms. The number of primary amides is 1. The third-order valence-electron chi connectivity index (χ3n) is 3.37. The summed E-state index contributed by atoms with van der Waals surface area (Å²) in [4.78, 5) is 13.8. The monoisotopic (exact) mass is 267 g/mol. The van der Waals surface area contributed by atoms with Crippen molar-refractivity contribution < 1.29 is 4.79 Å². The molecule has 1 aromatic rings. The first-order valence-corrected chi connectivity index (χ1v) is 6.47. The summed E-state index contributed by atoms with van der Waals surface area (Å²) in [5, 5.41) is 0.658. The van der Waals surface area contributed by atoms with Gasteiger partial charge in [-0.3, -0.25) is 4.79 Å². The Balaban J connectivity index is 2.08. The quantitative estimate of drug-likeness (QED) is 0.853. The van der Waals surface area contributed by atoms with Crippen molar-refractivity contribution in [3.05, 3.63) is 34.9 Å². The number of nitrogens with zero attached hydrogens (tertiary/aromatic N) is 1. The molecule has 1 heterocycles. The maximum Gasteiger partial charge on any atom is 0.226 e. The van der Waals surface area contributed by atoms with Gasteiger partial charge in [0.2, 0.25) is 5.91 Å². The summed E-state index contributed by atoms with van der Waals surface area (Å²) in [7, 11) is 0. The first-order chi connectivity index (χ1) is 8.56. The van der Waals surface area contributed by atoms with Gasteiger partial charge in [-0.25, -0.2) is 0 Å². The van der Waals surface area contributed by atoms with Crippen LogP contribution >= 0.6 is 11.6 Å². The number of halogens is 1. The zero-order chi connectivity index (χ0) is 13.1. The minimum absolute atomic E-state index is 0.212. The topological polar surface area (TPSA) is 72.4 Å². The average Bonchev–Trinajstić information content (AvgIpc) is 2.73. The third kappa shape index (κ3) is 3.22. The molecule has 1 aromatic carbocycles. The highest BCUT2D eigenvalue weighted by Crippen LogP contribution is 2.21. The van der Waals surface area contributed by atoms with Crippen molar-refractivity contribution >= 4 is 17.5 Å². The van der Waals surface area contributed by atoms with Gasteiger partial charge in [-0.05, 0) is 30.7 Å². The molecule has 0 aromatic heterocycles. The number of benzene rings is 1. The fourth-order valence-electron chi connectivity index (χ4n) is 2.34. The van der Waals surface area contributed by atoms with E-state index in [1.54, 1.807) is 12.1 Å². The molecule has 2 rings (SSSR count). The molecule has 1 amide bonds. The molecular formula is C13H18ClN3O. The lowest BCUT2D eigenvalue weighted by molar-refractivity contribution is -0.119. The van der Waals surface area contributed by atoms with Crippen molar-refractivity contribution in [2.75, 3.05) is 19.6 Å². The number of hydrogen-bond acceptors (Lipinski definition) is 3. The van der Waals surface area contributed by atoms with Crippen LogP contribution in [0.25, 0.3) is 0 Å². The molecule has 1 aliphatic heterocycles. The van der Waals surface area contributed by atoms with E-state index in [1.807, 2.05) is 12.1 Å². The highest BCUT2D eigenvalue weighted by atomic mass is 35.5. The first-order valence-electron chi connectivity index (χ1n) is 6.09. The van der Waals surface area contributed by atoms with Crippen LogP contribution in [0.15, 0.2) is 24.3 Å². The highest BCUT2D eigenvalue weighted by Gasteiger charge is 2.25. The SMILES string of the molecule is NC(=O)[C@@H](CN1CC[C@@H](N)C1)c1ccc(Cl)cc1. The normalized spacial score (nSPS) is 22.0. The Kier molecular flexibility index (Phi) is 4.22. The van der Waals surface area contributed by atoms with E-state index in [2.05, 4.69) is 4.90 Å². The van der Waals surface area contributed by atoms with Gasteiger partial charge in [-0.1, -0.05) is 23.7 Å². The summed E-state index contributed by atoms with van der Waals surface area (Å²) < 4.78 is 0. The van der Waals surface area contributed by atoms with Gasteiger partial charge < -0.3 is 16.4 Å². The van der Waals surface area contributed by atoms with Gasteiger partial charge >= 0.3 is 0 Å². The Morgan fingerprint density at radius 1 is 1.44 bits per heavy atom. The molecule has 0 bridgehead atoms. The lowest BCUT2D eigenvalue weighted by Gasteiger charge is -2.21. The molecule has 5 heteroatoms. The van der Waals surface area contributed by atoms with Gasteiger partial charge in [0, 0.05) is 24.2 Å². The van der Waals surface area contributed by atoms with E-state index in [-0.39, 0.29) is 17.9 Å². The maximum absolute atomic E-state index is 11.6. The summed E-state index contributed by atoms with van der Waals surface area (Å²) >= 11 is 5.84. The molecule has 4 nitrogen and oxygen atoms in total. The molecule has 0 radical (unpaired) electrons. The van der Waals surface area contributed by atoms with Crippen LogP contribution < -0.4 is 11.5 Å². The van der Waals surface area contributed by atoms with Crippen molar-refractivity contribution in [1.82, 2.24) is 4.90 Å². The van der Waals surface area contributed by atoms with Crippen molar-refractivity contribution in [3.63, 3.8) is 0 Å². The van der Waals surface area contributed by atoms with Crippen LogP contribution in [0, 0.1) is 0 Å². The van der Waals surface area contributed by atoms with Gasteiger partial charge in [0.25, 0.3) is 0 Å². The maximum atomic E-state index is 11.6. The summed E-state index contributed by atoms with van der Waals surface area (Å²) in [5.41, 5.74) is 12.3. The Morgan fingerprint density at radius 3 is 2.61 bits per heavy atom. The predicted octanol–water partition coefficient (Wildman–Crippen LogP) is 0.942. The standard InChI is InChI=1S/C13H18ClN3O/c14-10-3-1-9(2-4-10)12(13(16)18)8-17-6-5-11(15)7-17/h1-4,11-12H,5-8,15H2,(H2,16,18)/t11-,12+/m1/s1. The van der Waals surface area contributed by atoms with E-state index in [1.165, 1.54) is 0 Å². The van der Waals surface area contributed by atoms with Crippen molar-refractivity contribution in [2.45, 2.75) is 18.4 Å². The third-order valence-corrected chi connectivity index (χ3v) is 3.62. The minimum atomic E-state index is -0.308. The van der Waals surface area contributed by atoms with Crippen LogP contribution in [0.5, 0.6) is 0 Å². The number of likely N-dealkylation sites (tertiary alicyclic amines) is 1. The molecule has 4 N–H and O–H groups in total. The van der Waals surface area contributed by atoms with E-state index in [9.17, 15) is 4.79 Å². The Bertz CT molecular complexity index is 421. The number of carbonyl (C=O) groups excluding carboxylic acids is 1. The van der Waals surface area contributed by atoms with Gasteiger partial charge in [0.1, 0.15) is 0 Å². The predicted molar refractivity (Wildman–Crippen MR) is 72.4 cm³/mol. The fourth-order valence-corrected chi connectivity index (χ4v) is 2.47. The number of hydrogen-bond donors (Lipinski definition) is 2. The smallest absolute Gasteiger partial charge is 0.226 e. The molecule has 98 valence electrons. The van der Waals surface area contributed by atoms with Crippen molar-refractivity contribution in [1.29, 1.82) is 0 Å². The van der Waals surface area contributed by atoms with E-state index in [0.29, 0.717) is 11.6 Å². The second kappa shape index (κ2) is 5.69. The molecule has 0 spiro atoms. The molecule has 0 saturated carbocycles. The van der Waals surface area contributed by atoms with Crippen LogP contribution in [0.4, 0.5) is 0 Å². The minimum Gasteiger partial charge on any atom is -0.369 e. The second-order valence-electron chi connectivity index (χ2n) is 4.81. The summed E-state index contributed by atoms with van der Waals surface area (Å²) in [6.07, 6.45) is 0.978. The average molecular weight is 268 g/mol. The Labute approximate surface area is 112 Å². The summed E-state index contributed by atoms with van der Waals surface area (Å²) in [6.45, 7) is 2.39. The van der Waals surface area contributed by atoms with Gasteiger partial charge in [-0.2, -0.15) is 0 Å². The number of carbonyl (C=O) groups is 1. The Hall–Kier alpha value is -1.10. The van der Waals surface area contributed by atoms with Crippen LogP contribution in [0.3, 0.4) is 0 Å². The van der Waals surface area contributed by atoms with Crippen LogP contribution in [0.1, 0.15) is 17.9 Å². The van der Waals surface area contributed by atoms with E-state index >= 15 is 0 Å². The van der Waals surface area contributed by atoms with E-state index < -0.39 is 0 Å². The first kappa shape index (κ1) is 13.3. The molecule has 0 aliphatic carbocycles. The molecule has 1 fully saturated rings. The zero-order valence-electron chi connectivity index (χ0n) is 10.2. The van der Waals surface area contributed by atoms with Crippen LogP contribution in [-0.4, -0.2) is 36.5 Å². The molecular weight excluding hydrogens is 250 g/mol. The zero-order valence-corrected chi connectivity index (χ0v) is 10.9. The number of nitrogens with two attached hydrogens (primary N) is 2. The number of amides is 1. The van der Waals surface area contributed by atoms with Gasteiger partial charge in [0.05, 0.1) is 5.92 Å². The summed E-state index contributed by atoms with van der Waals surface area (Å²) in [6, 6.07) is 7.48. The van der Waals surface area contributed by atoms with E-state index in [0.717, 1.165) is 25.1 Å².